The maximum Gasteiger partial charge on any atom is 0.340 e. The van der Waals surface area contributed by atoms with Crippen LogP contribution in [0.2, 0.25) is 15.1 Å². The smallest absolute Gasteiger partial charge is 0.340 e. The summed E-state index contributed by atoms with van der Waals surface area (Å²) in [5.41, 5.74) is 3.67. The van der Waals surface area contributed by atoms with Crippen LogP contribution < -0.4 is 20.0 Å². The van der Waals surface area contributed by atoms with Crippen LogP contribution in [0.4, 0.5) is 17.1 Å². The zero-order valence-corrected chi connectivity index (χ0v) is 57.5. The van der Waals surface area contributed by atoms with Crippen LogP contribution in [0.3, 0.4) is 0 Å². The van der Waals surface area contributed by atoms with Crippen molar-refractivity contribution < 1.29 is 29.4 Å². The minimum atomic E-state index is -1.79. The van der Waals surface area contributed by atoms with Gasteiger partial charge >= 0.3 is 5.97 Å². The molecule has 0 unspecified atom stereocenters. The predicted molar refractivity (Wildman–Crippen MR) is 368 cm³/mol. The number of amides is 3. The maximum absolute atomic E-state index is 12.1. The second-order valence-corrected chi connectivity index (χ2v) is 27.2. The third-order valence-electron chi connectivity index (χ3n) is 17.9. The number of alkyl halides is 1. The second kappa shape index (κ2) is 37.0. The van der Waals surface area contributed by atoms with Gasteiger partial charge in [-0.2, -0.15) is 0 Å². The van der Waals surface area contributed by atoms with Gasteiger partial charge in [-0.15, -0.1) is 0 Å². The number of hydrogen-bond acceptors (Lipinski definition) is 11. The fraction of sp³-hybridized carbons (Fsp3) is 0.594. The molecule has 19 heteroatoms. The molecule has 1 atom stereocenters. The number of carbonyl (C=O) groups excluding carboxylic acids is 3. The van der Waals surface area contributed by atoms with Crippen molar-refractivity contribution in [1.29, 1.82) is 0 Å². The number of carboxylic acids is 1. The van der Waals surface area contributed by atoms with Crippen LogP contribution in [0.5, 0.6) is 0 Å². The molecular weight excluding hydrogens is 1240 g/mol. The predicted octanol–water partition coefficient (Wildman–Crippen LogP) is 12.9. The number of carbonyl (C=O) groups is 4. The number of nitrogens with one attached hydrogen (secondary N) is 1. The number of piperidine rings is 2. The normalized spacial score (nSPS) is 18.7. The molecule has 4 aliphatic heterocycles. The first-order valence-corrected chi connectivity index (χ1v) is 34.4. The maximum atomic E-state index is 12.1. The number of aliphatic carboxylic acids is 1. The molecule has 0 spiro atoms. The number of rotatable bonds is 13. The lowest BCUT2D eigenvalue weighted by atomic mass is 9.89. The van der Waals surface area contributed by atoms with E-state index in [2.05, 4.69) is 45.7 Å². The van der Waals surface area contributed by atoms with Gasteiger partial charge in [0.2, 0.25) is 0 Å². The van der Waals surface area contributed by atoms with Crippen molar-refractivity contribution in [2.75, 3.05) is 154 Å². The van der Waals surface area contributed by atoms with Crippen molar-refractivity contribution in [2.45, 2.75) is 109 Å². The van der Waals surface area contributed by atoms with Crippen LogP contribution in [0.15, 0.2) is 84.9 Å². The van der Waals surface area contributed by atoms with E-state index in [4.69, 9.17) is 39.9 Å². The monoisotopic (exact) mass is 1340 g/mol. The van der Waals surface area contributed by atoms with Gasteiger partial charge < -0.3 is 44.9 Å². The van der Waals surface area contributed by atoms with Crippen molar-refractivity contribution >= 4 is 91.5 Å². The minimum Gasteiger partial charge on any atom is -0.479 e. The minimum absolute atomic E-state index is 0.0474. The molecule has 6 aliphatic rings. The van der Waals surface area contributed by atoms with Crippen LogP contribution in [0.25, 0.3) is 0 Å². The first-order valence-electron chi connectivity index (χ1n) is 32.2. The number of benzene rings is 4. The number of halogens is 4. The average Bonchev–Trinajstić information content (AvgIpc) is 2.76. The van der Waals surface area contributed by atoms with Crippen LogP contribution >= 0.6 is 50.7 Å². The van der Waals surface area contributed by atoms with E-state index in [-0.39, 0.29) is 17.7 Å². The Hall–Kier alpha value is -4.65. The summed E-state index contributed by atoms with van der Waals surface area (Å²) in [5, 5.41) is 24.4. The summed E-state index contributed by atoms with van der Waals surface area (Å²) in [5.74, 6) is 1.37. The summed E-state index contributed by atoms with van der Waals surface area (Å²) in [7, 11) is 10.5. The largest absolute Gasteiger partial charge is 0.479 e. The van der Waals surface area contributed by atoms with E-state index in [1.54, 1.807) is 87.3 Å². The average molecular weight is 1340 g/mol. The van der Waals surface area contributed by atoms with Crippen LogP contribution in [0, 0.1) is 17.8 Å². The summed E-state index contributed by atoms with van der Waals surface area (Å²) >= 11 is 22.4. The highest BCUT2D eigenvalue weighted by Gasteiger charge is 2.32. The fourth-order valence-electron chi connectivity index (χ4n) is 12.3. The molecule has 486 valence electrons. The topological polar surface area (TPSA) is 147 Å². The summed E-state index contributed by atoms with van der Waals surface area (Å²) in [4.78, 5) is 63.6. The first-order chi connectivity index (χ1) is 42.2. The van der Waals surface area contributed by atoms with Crippen LogP contribution in [-0.4, -0.2) is 198 Å². The molecule has 3 amide bonds. The zero-order chi connectivity index (χ0) is 63.8. The Labute approximate surface area is 550 Å². The number of nitrogens with zero attached hydrogens (tertiary/aromatic N) is 8. The van der Waals surface area contributed by atoms with E-state index in [1.807, 2.05) is 54.6 Å². The Morgan fingerprint density at radius 2 is 0.830 bits per heavy atom. The lowest BCUT2D eigenvalue weighted by molar-refractivity contribution is -0.157. The Kier molecular flexibility index (Phi) is 30.5. The number of piperazine rings is 2. The highest BCUT2D eigenvalue weighted by atomic mass is 79.9. The van der Waals surface area contributed by atoms with Gasteiger partial charge in [-0.05, 0) is 156 Å². The van der Waals surface area contributed by atoms with E-state index in [0.29, 0.717) is 37.3 Å². The van der Waals surface area contributed by atoms with Crippen LogP contribution in [-0.2, 0) is 10.4 Å². The van der Waals surface area contributed by atoms with Gasteiger partial charge in [0.25, 0.3) is 17.7 Å². The lowest BCUT2D eigenvalue weighted by Crippen LogP contribution is -2.48. The SMILES string of the molecule is BrCC1CCCCC1.CN(C)C(=O)c1ccc(N2CCCCC2)cc1Cl.CN(C)C(=O)c1ccc(N2CCN(CC3CCCCC3)CC2)cc1Cl.CN(C)C(=O)c1ccc(N2CCN(CC3CCNCC3)CC2)cc1Cl.C[C@](O)(C(=O)O)c1ccccc1. The highest BCUT2D eigenvalue weighted by molar-refractivity contribution is 9.09. The van der Waals surface area contributed by atoms with Gasteiger partial charge in [-0.1, -0.05) is 120 Å². The molecule has 10 rings (SSSR count). The van der Waals surface area contributed by atoms with Gasteiger partial charge in [-0.3, -0.25) is 24.2 Å². The Morgan fingerprint density at radius 1 is 0.489 bits per heavy atom. The molecule has 15 nitrogen and oxygen atoms in total. The molecule has 88 heavy (non-hydrogen) atoms. The molecule has 0 aromatic heterocycles. The Morgan fingerprint density at radius 3 is 1.16 bits per heavy atom. The quantitative estimate of drug-likeness (QED) is 0.110. The number of anilines is 3. The number of hydrogen-bond donors (Lipinski definition) is 3. The van der Waals surface area contributed by atoms with E-state index in [0.717, 1.165) is 100 Å². The number of aliphatic hydroxyl groups is 1. The molecule has 4 aromatic rings. The van der Waals surface area contributed by atoms with E-state index in [9.17, 15) is 24.3 Å². The van der Waals surface area contributed by atoms with Gasteiger partial charge in [0.15, 0.2) is 5.60 Å². The molecule has 0 bridgehead atoms. The van der Waals surface area contributed by atoms with E-state index in [1.165, 1.54) is 135 Å². The molecule has 2 saturated carbocycles. The van der Waals surface area contributed by atoms with Crippen molar-refractivity contribution in [3.8, 4) is 0 Å². The Balaban J connectivity index is 0.000000184. The fourth-order valence-corrected chi connectivity index (χ4v) is 13.7. The summed E-state index contributed by atoms with van der Waals surface area (Å²) < 4.78 is 0. The molecule has 4 saturated heterocycles. The summed E-state index contributed by atoms with van der Waals surface area (Å²) in [6, 6.07) is 25.6. The van der Waals surface area contributed by atoms with Crippen molar-refractivity contribution in [3.63, 3.8) is 0 Å². The van der Waals surface area contributed by atoms with Gasteiger partial charge in [-0.25, -0.2) is 4.79 Å². The molecule has 4 aromatic carbocycles. The van der Waals surface area contributed by atoms with Crippen molar-refractivity contribution in [3.05, 3.63) is 122 Å². The van der Waals surface area contributed by atoms with Gasteiger partial charge in [0, 0.05) is 143 Å². The molecule has 0 radical (unpaired) electrons. The summed E-state index contributed by atoms with van der Waals surface area (Å²) in [6.45, 7) is 16.8. The van der Waals surface area contributed by atoms with Gasteiger partial charge in [0.05, 0.1) is 31.8 Å². The van der Waals surface area contributed by atoms with Crippen LogP contribution in [0.1, 0.15) is 140 Å². The third kappa shape index (κ3) is 22.6. The van der Waals surface area contributed by atoms with Crippen molar-refractivity contribution in [2.24, 2.45) is 17.8 Å². The molecule has 3 N–H and O–H groups in total. The molecule has 4 heterocycles. The summed E-state index contributed by atoms with van der Waals surface area (Å²) in [6.07, 6.45) is 20.8. The molecule has 2 aliphatic carbocycles. The molecular formula is C69H101BrCl3N9O6. The first kappa shape index (κ1) is 72.4. The standard InChI is InChI=1S/C20H30ClN3O.C19H29ClN4O.C14H19ClN2O.C9H10O3.C7H13Br/c1-22(2)20(25)18-9-8-17(14-19(18)21)24-12-10-23(11-13-24)15-16-6-4-3-5-7-16;1-22(2)19(25)17-4-3-16(13-18(17)20)24-11-9-23(10-12-24)14-15-5-7-21-8-6-15;1-16(2)14(18)12-7-6-11(10-13(12)15)17-8-4-3-5-9-17;1-9(12,8(10)11)7-5-3-2-4-6-7;8-6-7-4-2-1-3-5-7/h8-9,14,16H,3-7,10-13,15H2,1-2H3;3-4,13,15,21H,5-12,14H2,1-2H3;6-7,10H,3-5,8-9H2,1-2H3;2-6,12H,1H3,(H,10,11);7H,1-6H2/t;;;9-;/m...1./s1. The van der Waals surface area contributed by atoms with Crippen molar-refractivity contribution in [1.82, 2.24) is 29.8 Å². The molecule has 6 fully saturated rings. The third-order valence-corrected chi connectivity index (χ3v) is 19.7. The van der Waals surface area contributed by atoms with E-state index < -0.39 is 11.6 Å². The zero-order valence-electron chi connectivity index (χ0n) is 53.6. The second-order valence-electron chi connectivity index (χ2n) is 25.3. The van der Waals surface area contributed by atoms with E-state index >= 15 is 0 Å². The Bertz CT molecular complexity index is 2670. The van der Waals surface area contributed by atoms with Gasteiger partial charge in [0.1, 0.15) is 0 Å². The number of carboxylic acid groups (broad SMARTS) is 1. The lowest BCUT2D eigenvalue weighted by Gasteiger charge is -2.38. The highest BCUT2D eigenvalue weighted by Crippen LogP contribution is 2.31.